The normalized spacial score (nSPS) is 10.6. The average Bonchev–Trinajstić information content (AvgIpc) is 3.48. The van der Waals surface area contributed by atoms with E-state index in [4.69, 9.17) is 4.74 Å². The van der Waals surface area contributed by atoms with Crippen molar-refractivity contribution >= 4 is 56.5 Å². The zero-order valence-corrected chi connectivity index (χ0v) is 20.1. The Labute approximate surface area is 202 Å². The van der Waals surface area contributed by atoms with Gasteiger partial charge in [-0.15, -0.1) is 21.5 Å². The van der Waals surface area contributed by atoms with Crippen molar-refractivity contribution in [1.29, 1.82) is 0 Å². The van der Waals surface area contributed by atoms with E-state index in [9.17, 15) is 9.59 Å². The van der Waals surface area contributed by atoms with E-state index in [1.807, 2.05) is 48.7 Å². The smallest absolute Gasteiger partial charge is 0.257 e. The molecule has 0 aliphatic heterocycles. The molecule has 0 saturated heterocycles. The largest absolute Gasteiger partial charge is 0.497 e. The molecule has 2 aromatic carbocycles. The summed E-state index contributed by atoms with van der Waals surface area (Å²) in [6.07, 6.45) is 0. The van der Waals surface area contributed by atoms with Gasteiger partial charge in [0.1, 0.15) is 5.75 Å². The lowest BCUT2D eigenvalue weighted by Gasteiger charge is -2.01. The maximum absolute atomic E-state index is 12.3. The summed E-state index contributed by atoms with van der Waals surface area (Å²) >= 11 is 3.82. The highest BCUT2D eigenvalue weighted by molar-refractivity contribution is 8.01. The van der Waals surface area contributed by atoms with Crippen molar-refractivity contribution in [3.63, 3.8) is 0 Å². The van der Waals surface area contributed by atoms with E-state index in [1.54, 1.807) is 19.2 Å². The monoisotopic (exact) mass is 497 g/mol. The van der Waals surface area contributed by atoms with Crippen LogP contribution in [-0.4, -0.2) is 39.9 Å². The van der Waals surface area contributed by atoms with Crippen LogP contribution in [0.5, 0.6) is 5.75 Å². The lowest BCUT2D eigenvalue weighted by Crippen LogP contribution is -2.13. The van der Waals surface area contributed by atoms with Crippen molar-refractivity contribution in [3.05, 3.63) is 65.0 Å². The molecular formula is C22H19N5O3S3. The van der Waals surface area contributed by atoms with E-state index in [2.05, 4.69) is 25.8 Å². The van der Waals surface area contributed by atoms with Gasteiger partial charge in [0.25, 0.3) is 5.91 Å². The highest BCUT2D eigenvalue weighted by atomic mass is 32.2. The van der Waals surface area contributed by atoms with E-state index < -0.39 is 0 Å². The molecule has 2 aromatic heterocycles. The number of benzene rings is 2. The number of amides is 2. The number of methoxy groups -OCH3 is 1. The number of aryl methyl sites for hydroxylation is 1. The van der Waals surface area contributed by atoms with Crippen LogP contribution in [-0.2, 0) is 4.79 Å². The molecule has 0 saturated carbocycles. The second kappa shape index (κ2) is 10.6. The number of hydrogen-bond donors (Lipinski definition) is 2. The second-order valence-corrected chi connectivity index (χ2v) is 9.85. The third-order valence-electron chi connectivity index (χ3n) is 4.40. The van der Waals surface area contributed by atoms with Crippen LogP contribution in [0, 0.1) is 6.92 Å². The second-order valence-electron chi connectivity index (χ2n) is 6.80. The maximum Gasteiger partial charge on any atom is 0.257 e. The quantitative estimate of drug-likeness (QED) is 0.262. The van der Waals surface area contributed by atoms with Crippen molar-refractivity contribution in [1.82, 2.24) is 15.2 Å². The Kier molecular flexibility index (Phi) is 7.33. The molecule has 11 heteroatoms. The van der Waals surface area contributed by atoms with Gasteiger partial charge in [-0.3, -0.25) is 14.9 Å². The molecule has 0 fully saturated rings. The Bertz CT molecular complexity index is 1250. The first-order valence-electron chi connectivity index (χ1n) is 9.74. The maximum atomic E-state index is 12.3. The molecule has 2 amide bonds. The summed E-state index contributed by atoms with van der Waals surface area (Å²) in [6.45, 7) is 1.96. The number of nitrogens with one attached hydrogen (secondary N) is 2. The highest BCUT2D eigenvalue weighted by Crippen LogP contribution is 2.28. The lowest BCUT2D eigenvalue weighted by molar-refractivity contribution is -0.113. The minimum absolute atomic E-state index is 0.151. The van der Waals surface area contributed by atoms with Gasteiger partial charge in [0, 0.05) is 16.5 Å². The summed E-state index contributed by atoms with van der Waals surface area (Å²) in [5.41, 5.74) is 3.34. The number of thioether (sulfide) groups is 1. The fourth-order valence-electron chi connectivity index (χ4n) is 2.70. The van der Waals surface area contributed by atoms with Crippen molar-refractivity contribution in [2.75, 3.05) is 23.5 Å². The molecule has 4 aromatic rings. The molecule has 0 atom stereocenters. The number of anilines is 2. The lowest BCUT2D eigenvalue weighted by atomic mass is 10.1. The van der Waals surface area contributed by atoms with Gasteiger partial charge < -0.3 is 10.1 Å². The van der Waals surface area contributed by atoms with Gasteiger partial charge in [-0.2, -0.15) is 0 Å². The minimum atomic E-state index is -0.253. The number of hydrogen-bond acceptors (Lipinski definition) is 9. The van der Waals surface area contributed by atoms with Crippen molar-refractivity contribution in [2.45, 2.75) is 11.3 Å². The molecule has 2 heterocycles. The highest BCUT2D eigenvalue weighted by Gasteiger charge is 2.13. The summed E-state index contributed by atoms with van der Waals surface area (Å²) in [4.78, 5) is 29.1. The van der Waals surface area contributed by atoms with Gasteiger partial charge >= 0.3 is 0 Å². The summed E-state index contributed by atoms with van der Waals surface area (Å²) in [5, 5.41) is 16.3. The van der Waals surface area contributed by atoms with Crippen LogP contribution in [0.2, 0.25) is 0 Å². The third-order valence-corrected chi connectivity index (χ3v) is 7.13. The van der Waals surface area contributed by atoms with Gasteiger partial charge in [0.2, 0.25) is 11.0 Å². The Balaban J connectivity index is 1.27. The first kappa shape index (κ1) is 22.9. The predicted molar refractivity (Wildman–Crippen MR) is 132 cm³/mol. The van der Waals surface area contributed by atoms with Crippen LogP contribution in [0.25, 0.3) is 11.3 Å². The minimum Gasteiger partial charge on any atom is -0.497 e. The van der Waals surface area contributed by atoms with Gasteiger partial charge in [-0.1, -0.05) is 40.8 Å². The van der Waals surface area contributed by atoms with Crippen LogP contribution in [0.15, 0.2) is 58.3 Å². The Morgan fingerprint density at radius 1 is 1.00 bits per heavy atom. The summed E-state index contributed by atoms with van der Waals surface area (Å²) in [7, 11) is 1.62. The fraction of sp³-hybridized carbons (Fsp3) is 0.136. The number of rotatable bonds is 8. The Hall–Kier alpha value is -3.28. The molecule has 0 aliphatic carbocycles. The fourth-order valence-corrected chi connectivity index (χ4v) is 4.98. The van der Waals surface area contributed by atoms with Gasteiger partial charge in [-0.05, 0) is 43.3 Å². The van der Waals surface area contributed by atoms with Gasteiger partial charge in [0.05, 0.1) is 18.6 Å². The van der Waals surface area contributed by atoms with Crippen molar-refractivity contribution in [2.24, 2.45) is 0 Å². The molecule has 0 bridgehead atoms. The number of carbonyl (C=O) groups is 2. The number of aromatic nitrogens is 3. The molecule has 33 heavy (non-hydrogen) atoms. The third kappa shape index (κ3) is 6.15. The molecule has 0 radical (unpaired) electrons. The predicted octanol–water partition coefficient (Wildman–Crippen LogP) is 4.96. The number of nitrogens with zero attached hydrogens (tertiary/aromatic N) is 3. The molecule has 2 N–H and O–H groups in total. The summed E-state index contributed by atoms with van der Waals surface area (Å²) in [5.74, 6) is 0.472. The first-order valence-corrected chi connectivity index (χ1v) is 12.4. The molecule has 0 unspecified atom stereocenters. The number of thiazole rings is 1. The van der Waals surface area contributed by atoms with Crippen molar-refractivity contribution < 1.29 is 14.3 Å². The first-order chi connectivity index (χ1) is 16.0. The SMILES string of the molecule is COc1ccc(-c2csc(NC(=O)CSc3nnc(NC(=O)c4ccc(C)cc4)s3)n2)cc1. The van der Waals surface area contributed by atoms with E-state index >= 15 is 0 Å². The summed E-state index contributed by atoms with van der Waals surface area (Å²) in [6, 6.07) is 14.8. The molecule has 0 aliphatic rings. The van der Waals surface area contributed by atoms with E-state index in [1.165, 1.54) is 34.4 Å². The van der Waals surface area contributed by atoms with E-state index in [0.717, 1.165) is 22.6 Å². The average molecular weight is 498 g/mol. The standard InChI is InChI=1S/C22H19N5O3S3/c1-13-3-5-15(6-4-13)19(29)25-21-26-27-22(33-21)32-12-18(28)24-20-23-17(11-31-20)14-7-9-16(30-2)10-8-14/h3-11H,12H2,1-2H3,(H,23,24,28)(H,25,26,29). The number of carbonyl (C=O) groups excluding carboxylic acids is 2. The van der Waals surface area contributed by atoms with Crippen LogP contribution in [0.4, 0.5) is 10.3 Å². The van der Waals surface area contributed by atoms with Gasteiger partial charge in [-0.25, -0.2) is 4.98 Å². The molecule has 8 nitrogen and oxygen atoms in total. The molecule has 0 spiro atoms. The summed E-state index contributed by atoms with van der Waals surface area (Å²) < 4.78 is 5.75. The Morgan fingerprint density at radius 3 is 2.48 bits per heavy atom. The van der Waals surface area contributed by atoms with Crippen LogP contribution >= 0.6 is 34.4 Å². The van der Waals surface area contributed by atoms with Crippen LogP contribution < -0.4 is 15.4 Å². The van der Waals surface area contributed by atoms with Crippen LogP contribution in [0.3, 0.4) is 0 Å². The molecule has 4 rings (SSSR count). The van der Waals surface area contributed by atoms with Crippen molar-refractivity contribution in [3.8, 4) is 17.0 Å². The zero-order chi connectivity index (χ0) is 23.2. The topological polar surface area (TPSA) is 106 Å². The molecule has 168 valence electrons. The zero-order valence-electron chi connectivity index (χ0n) is 17.7. The van der Waals surface area contributed by atoms with Crippen LogP contribution in [0.1, 0.15) is 15.9 Å². The Morgan fingerprint density at radius 2 is 1.76 bits per heavy atom. The van der Waals surface area contributed by atoms with E-state index in [0.29, 0.717) is 20.2 Å². The molecular weight excluding hydrogens is 478 g/mol. The van der Waals surface area contributed by atoms with Gasteiger partial charge in [0.15, 0.2) is 9.47 Å². The van der Waals surface area contributed by atoms with E-state index in [-0.39, 0.29) is 17.6 Å². The number of ether oxygens (including phenoxy) is 1.